The van der Waals surface area contributed by atoms with Gasteiger partial charge in [0.1, 0.15) is 11.5 Å². The van der Waals surface area contributed by atoms with Gasteiger partial charge in [-0.05, 0) is 24.3 Å². The van der Waals surface area contributed by atoms with Crippen LogP contribution in [0.25, 0.3) is 0 Å². The molecule has 0 aliphatic rings. The number of ether oxygens (including phenoxy) is 1. The average molecular weight is 353 g/mol. The molecule has 0 unspecified atom stereocenters. The van der Waals surface area contributed by atoms with Gasteiger partial charge >= 0.3 is 10.1 Å². The molecule has 0 bridgehead atoms. The summed E-state index contributed by atoms with van der Waals surface area (Å²) in [6, 6.07) is 9.47. The van der Waals surface area contributed by atoms with Crippen LogP contribution in [0.4, 0.5) is 5.69 Å². The van der Waals surface area contributed by atoms with Crippen LogP contribution in [0, 0.1) is 0 Å². The van der Waals surface area contributed by atoms with Gasteiger partial charge in [0.2, 0.25) is 5.09 Å². The Labute approximate surface area is 138 Å². The number of hydrazone groups is 1. The first-order chi connectivity index (χ1) is 11.4. The van der Waals surface area contributed by atoms with Gasteiger partial charge in [-0.25, -0.2) is 5.43 Å². The molecule has 1 aromatic heterocycles. The van der Waals surface area contributed by atoms with Gasteiger partial charge in [0, 0.05) is 0 Å². The van der Waals surface area contributed by atoms with Crippen molar-refractivity contribution < 1.29 is 26.9 Å². The van der Waals surface area contributed by atoms with E-state index in [1.807, 2.05) is 0 Å². The maximum absolute atomic E-state index is 11.7. The first-order valence-corrected chi connectivity index (χ1v) is 8.10. The molecule has 10 heteroatoms. The lowest BCUT2D eigenvalue weighted by molar-refractivity contribution is -0.119. The lowest BCUT2D eigenvalue weighted by Crippen LogP contribution is -2.26. The number of nitrogens with zero attached hydrogens (tertiary/aromatic N) is 1. The standard InChI is InChI=1S/C14H15N3O6S/c1-22-12-5-3-2-4-11(12)15-9-13(18)17-16-8-10-6-7-14(23-10)24(19,20)21/h2-8,15H,9H2,1H3,(H,17,18)(H,19,20,21). The van der Waals surface area contributed by atoms with Gasteiger partial charge in [-0.3, -0.25) is 9.35 Å². The topological polar surface area (TPSA) is 130 Å². The fourth-order valence-electron chi connectivity index (χ4n) is 1.72. The van der Waals surface area contributed by atoms with Crippen molar-refractivity contribution in [1.29, 1.82) is 0 Å². The molecule has 2 aromatic rings. The second-order valence-corrected chi connectivity index (χ2v) is 5.83. The zero-order valence-corrected chi connectivity index (χ0v) is 13.4. The molecule has 24 heavy (non-hydrogen) atoms. The Kier molecular flexibility index (Phi) is 5.55. The molecule has 0 aliphatic heterocycles. The van der Waals surface area contributed by atoms with Gasteiger partial charge in [0.25, 0.3) is 5.91 Å². The van der Waals surface area contributed by atoms with E-state index < -0.39 is 21.1 Å². The fraction of sp³-hybridized carbons (Fsp3) is 0.143. The number of benzene rings is 1. The molecule has 1 aromatic carbocycles. The highest BCUT2D eigenvalue weighted by Gasteiger charge is 2.14. The highest BCUT2D eigenvalue weighted by atomic mass is 32.2. The molecule has 0 radical (unpaired) electrons. The number of furan rings is 1. The Morgan fingerprint density at radius 1 is 1.33 bits per heavy atom. The number of hydrogen-bond acceptors (Lipinski definition) is 7. The van der Waals surface area contributed by atoms with Crippen molar-refractivity contribution in [1.82, 2.24) is 5.43 Å². The smallest absolute Gasteiger partial charge is 0.328 e. The normalized spacial score (nSPS) is 11.4. The molecule has 9 nitrogen and oxygen atoms in total. The number of rotatable bonds is 7. The van der Waals surface area contributed by atoms with E-state index in [0.717, 1.165) is 12.3 Å². The number of amides is 1. The number of para-hydroxylation sites is 2. The number of hydrogen-bond donors (Lipinski definition) is 3. The summed E-state index contributed by atoms with van der Waals surface area (Å²) in [6.07, 6.45) is 1.11. The maximum atomic E-state index is 11.7. The molecule has 0 spiro atoms. The third kappa shape index (κ3) is 4.83. The van der Waals surface area contributed by atoms with Crippen LogP contribution in [0.2, 0.25) is 0 Å². The Balaban J connectivity index is 1.86. The minimum atomic E-state index is -4.41. The van der Waals surface area contributed by atoms with Crippen molar-refractivity contribution in [2.24, 2.45) is 5.10 Å². The van der Waals surface area contributed by atoms with Crippen molar-refractivity contribution in [3.8, 4) is 5.75 Å². The molecular formula is C14H15N3O6S. The van der Waals surface area contributed by atoms with Crippen molar-refractivity contribution in [3.63, 3.8) is 0 Å². The monoisotopic (exact) mass is 353 g/mol. The van der Waals surface area contributed by atoms with Crippen LogP contribution in [0.15, 0.2) is 51.0 Å². The van der Waals surface area contributed by atoms with E-state index in [4.69, 9.17) is 13.7 Å². The second-order valence-electron chi connectivity index (χ2n) is 4.48. The average Bonchev–Trinajstić information content (AvgIpc) is 3.02. The summed E-state index contributed by atoms with van der Waals surface area (Å²) in [5.74, 6) is 0.224. The number of nitrogens with one attached hydrogen (secondary N) is 2. The second kappa shape index (κ2) is 7.62. The lowest BCUT2D eigenvalue weighted by Gasteiger charge is -2.09. The first kappa shape index (κ1) is 17.5. The molecule has 0 atom stereocenters. The minimum absolute atomic E-state index is 0.0495. The van der Waals surface area contributed by atoms with Gasteiger partial charge in [-0.1, -0.05) is 12.1 Å². The van der Waals surface area contributed by atoms with Crippen LogP contribution in [0.3, 0.4) is 0 Å². The van der Waals surface area contributed by atoms with E-state index in [1.165, 1.54) is 13.2 Å². The van der Waals surface area contributed by atoms with Crippen LogP contribution in [0.5, 0.6) is 5.75 Å². The summed E-state index contributed by atoms with van der Waals surface area (Å²) in [6.45, 7) is -0.0495. The SMILES string of the molecule is COc1ccccc1NCC(=O)NN=Cc1ccc(S(=O)(=O)O)o1. The highest BCUT2D eigenvalue weighted by Crippen LogP contribution is 2.22. The predicted molar refractivity (Wildman–Crippen MR) is 85.7 cm³/mol. The van der Waals surface area contributed by atoms with E-state index in [1.54, 1.807) is 24.3 Å². The zero-order chi connectivity index (χ0) is 17.6. The quantitative estimate of drug-likeness (QED) is 0.386. The summed E-state index contributed by atoms with van der Waals surface area (Å²) < 4.78 is 40.4. The predicted octanol–water partition coefficient (Wildman–Crippen LogP) is 1.10. The fourth-order valence-corrected chi connectivity index (χ4v) is 2.16. The molecule has 0 aliphatic carbocycles. The highest BCUT2D eigenvalue weighted by molar-refractivity contribution is 7.85. The minimum Gasteiger partial charge on any atom is -0.495 e. The summed E-state index contributed by atoms with van der Waals surface area (Å²) in [5, 5.41) is 5.91. The lowest BCUT2D eigenvalue weighted by atomic mass is 10.3. The largest absolute Gasteiger partial charge is 0.495 e. The first-order valence-electron chi connectivity index (χ1n) is 6.66. The zero-order valence-electron chi connectivity index (χ0n) is 12.6. The van der Waals surface area contributed by atoms with Gasteiger partial charge in [-0.15, -0.1) is 0 Å². The molecule has 3 N–H and O–H groups in total. The van der Waals surface area contributed by atoms with Gasteiger partial charge in [0.05, 0.1) is 25.6 Å². The number of carbonyl (C=O) groups is 1. The number of methoxy groups -OCH3 is 1. The molecule has 0 fully saturated rings. The number of anilines is 1. The van der Waals surface area contributed by atoms with Gasteiger partial charge in [0.15, 0.2) is 0 Å². The summed E-state index contributed by atoms with van der Waals surface area (Å²) in [5.41, 5.74) is 2.90. The molecule has 1 heterocycles. The molecular weight excluding hydrogens is 338 g/mol. The molecule has 0 saturated carbocycles. The van der Waals surface area contributed by atoms with Crippen molar-refractivity contribution >= 4 is 27.9 Å². The molecule has 2 rings (SSSR count). The van der Waals surface area contributed by atoms with E-state index in [-0.39, 0.29) is 12.3 Å². The Bertz CT molecular complexity index is 844. The van der Waals surface area contributed by atoms with Crippen LogP contribution >= 0.6 is 0 Å². The molecule has 128 valence electrons. The summed E-state index contributed by atoms with van der Waals surface area (Å²) >= 11 is 0. The maximum Gasteiger partial charge on any atom is 0.328 e. The van der Waals surface area contributed by atoms with Crippen LogP contribution in [0.1, 0.15) is 5.76 Å². The van der Waals surface area contributed by atoms with E-state index in [0.29, 0.717) is 11.4 Å². The van der Waals surface area contributed by atoms with E-state index in [9.17, 15) is 13.2 Å². The van der Waals surface area contributed by atoms with Crippen molar-refractivity contribution in [3.05, 3.63) is 42.2 Å². The van der Waals surface area contributed by atoms with Crippen LogP contribution < -0.4 is 15.5 Å². The Morgan fingerprint density at radius 2 is 2.08 bits per heavy atom. The van der Waals surface area contributed by atoms with E-state index >= 15 is 0 Å². The van der Waals surface area contributed by atoms with Crippen LogP contribution in [-0.4, -0.2) is 38.7 Å². The summed E-state index contributed by atoms with van der Waals surface area (Å²) in [7, 11) is -2.88. The van der Waals surface area contributed by atoms with Gasteiger partial charge < -0.3 is 14.5 Å². The summed E-state index contributed by atoms with van der Waals surface area (Å²) in [4.78, 5) is 11.7. The Morgan fingerprint density at radius 3 is 2.75 bits per heavy atom. The molecule has 0 saturated heterocycles. The van der Waals surface area contributed by atoms with Gasteiger partial charge in [-0.2, -0.15) is 13.5 Å². The third-order valence-electron chi connectivity index (χ3n) is 2.78. The third-order valence-corrected chi connectivity index (χ3v) is 3.51. The Hall–Kier alpha value is -2.85. The van der Waals surface area contributed by atoms with Crippen molar-refractivity contribution in [2.75, 3.05) is 19.0 Å². The van der Waals surface area contributed by atoms with E-state index in [2.05, 4.69) is 15.8 Å². The van der Waals surface area contributed by atoms with Crippen LogP contribution in [-0.2, 0) is 14.9 Å². The van der Waals surface area contributed by atoms with Crippen molar-refractivity contribution in [2.45, 2.75) is 5.09 Å². The number of carbonyl (C=O) groups excluding carboxylic acids is 1. The molecule has 1 amide bonds.